The van der Waals surface area contributed by atoms with E-state index in [-0.39, 0.29) is 11.4 Å². The molecule has 3 aromatic carbocycles. The van der Waals surface area contributed by atoms with Crippen LogP contribution in [0.3, 0.4) is 0 Å². The monoisotopic (exact) mass is 415 g/mol. The molecule has 0 aliphatic heterocycles. The van der Waals surface area contributed by atoms with Gasteiger partial charge in [0, 0.05) is 6.42 Å². The van der Waals surface area contributed by atoms with Gasteiger partial charge >= 0.3 is 5.97 Å². The Morgan fingerprint density at radius 3 is 2.60 bits per heavy atom. The highest BCUT2D eigenvalue weighted by atomic mass is 32.1. The van der Waals surface area contributed by atoms with E-state index < -0.39 is 0 Å². The average molecular weight is 416 g/mol. The number of aromatic nitrogens is 1. The van der Waals surface area contributed by atoms with Crippen molar-refractivity contribution in [2.24, 2.45) is 5.41 Å². The highest BCUT2D eigenvalue weighted by Crippen LogP contribution is 2.45. The SMILES string of the molecule is O=C(CC1(Cc2nc3ccccc3s2)CCCC1)OCc1cccc2ccccc12. The van der Waals surface area contributed by atoms with Gasteiger partial charge in [-0.3, -0.25) is 4.79 Å². The van der Waals surface area contributed by atoms with Crippen LogP contribution in [-0.2, 0) is 22.6 Å². The fraction of sp³-hybridized carbons (Fsp3) is 0.308. The van der Waals surface area contributed by atoms with E-state index in [4.69, 9.17) is 9.72 Å². The number of fused-ring (bicyclic) bond motifs is 2. The van der Waals surface area contributed by atoms with Gasteiger partial charge in [-0.2, -0.15) is 0 Å². The van der Waals surface area contributed by atoms with Crippen molar-refractivity contribution < 1.29 is 9.53 Å². The van der Waals surface area contributed by atoms with E-state index in [0.29, 0.717) is 13.0 Å². The molecule has 4 aromatic rings. The standard InChI is InChI=1S/C26H25NO2S/c28-25(29-18-20-10-7-9-19-8-1-2-11-21(19)20)17-26(14-5-6-15-26)16-24-27-22-12-3-4-13-23(22)30-24/h1-4,7-13H,5-6,14-18H2. The summed E-state index contributed by atoms with van der Waals surface area (Å²) in [5.74, 6) is -0.0917. The van der Waals surface area contributed by atoms with Gasteiger partial charge in [0.1, 0.15) is 6.61 Å². The predicted molar refractivity (Wildman–Crippen MR) is 123 cm³/mol. The minimum atomic E-state index is -0.0917. The fourth-order valence-electron chi connectivity index (χ4n) is 4.79. The third kappa shape index (κ3) is 3.97. The largest absolute Gasteiger partial charge is 0.461 e. The minimum absolute atomic E-state index is 0.0102. The molecule has 1 saturated carbocycles. The molecule has 1 aromatic heterocycles. The van der Waals surface area contributed by atoms with Crippen LogP contribution in [0.15, 0.2) is 66.7 Å². The molecule has 0 radical (unpaired) electrons. The summed E-state index contributed by atoms with van der Waals surface area (Å²) in [5.41, 5.74) is 2.11. The topological polar surface area (TPSA) is 39.2 Å². The second-order valence-electron chi connectivity index (χ2n) is 8.43. The first-order valence-corrected chi connectivity index (χ1v) is 11.5. The molecule has 4 heteroatoms. The van der Waals surface area contributed by atoms with E-state index in [1.165, 1.54) is 22.9 Å². The van der Waals surface area contributed by atoms with Crippen LogP contribution in [0.2, 0.25) is 0 Å². The number of carbonyl (C=O) groups excluding carboxylic acids is 1. The number of para-hydroxylation sites is 1. The Balaban J connectivity index is 1.29. The van der Waals surface area contributed by atoms with Gasteiger partial charge in [-0.15, -0.1) is 11.3 Å². The fourth-order valence-corrected chi connectivity index (χ4v) is 5.93. The molecule has 0 bridgehead atoms. The van der Waals surface area contributed by atoms with Crippen LogP contribution in [0.1, 0.15) is 42.7 Å². The number of carbonyl (C=O) groups is 1. The van der Waals surface area contributed by atoms with E-state index in [1.807, 2.05) is 30.3 Å². The molecule has 0 N–H and O–H groups in total. The van der Waals surface area contributed by atoms with Crippen molar-refractivity contribution in [3.05, 3.63) is 77.3 Å². The molecule has 1 heterocycles. The van der Waals surface area contributed by atoms with Crippen LogP contribution in [0.5, 0.6) is 0 Å². The Kier molecular flexibility index (Phi) is 5.26. The first-order chi connectivity index (χ1) is 14.7. The van der Waals surface area contributed by atoms with Crippen molar-refractivity contribution in [2.75, 3.05) is 0 Å². The summed E-state index contributed by atoms with van der Waals surface area (Å²) in [6.07, 6.45) is 5.87. The molecular formula is C26H25NO2S. The van der Waals surface area contributed by atoms with Crippen molar-refractivity contribution >= 4 is 38.3 Å². The minimum Gasteiger partial charge on any atom is -0.461 e. The summed E-state index contributed by atoms with van der Waals surface area (Å²) in [6.45, 7) is 0.331. The van der Waals surface area contributed by atoms with Crippen LogP contribution in [-0.4, -0.2) is 11.0 Å². The molecule has 30 heavy (non-hydrogen) atoms. The number of nitrogens with zero attached hydrogens (tertiary/aromatic N) is 1. The molecule has 0 spiro atoms. The molecule has 1 aliphatic rings. The maximum Gasteiger partial charge on any atom is 0.306 e. The van der Waals surface area contributed by atoms with Crippen molar-refractivity contribution in [2.45, 2.75) is 45.1 Å². The van der Waals surface area contributed by atoms with Crippen molar-refractivity contribution in [1.82, 2.24) is 4.98 Å². The highest BCUT2D eigenvalue weighted by Gasteiger charge is 2.37. The number of hydrogen-bond acceptors (Lipinski definition) is 4. The number of thiazole rings is 1. The molecule has 152 valence electrons. The molecule has 0 atom stereocenters. The van der Waals surface area contributed by atoms with Gasteiger partial charge in [0.05, 0.1) is 21.6 Å². The highest BCUT2D eigenvalue weighted by molar-refractivity contribution is 7.18. The molecule has 0 unspecified atom stereocenters. The lowest BCUT2D eigenvalue weighted by Gasteiger charge is -2.27. The Hall–Kier alpha value is -2.72. The third-order valence-electron chi connectivity index (χ3n) is 6.32. The summed E-state index contributed by atoms with van der Waals surface area (Å²) in [6, 6.07) is 22.7. The predicted octanol–water partition coefficient (Wildman–Crippen LogP) is 6.69. The Morgan fingerprint density at radius 2 is 1.73 bits per heavy atom. The van der Waals surface area contributed by atoms with Crippen LogP contribution in [0, 0.1) is 5.41 Å². The number of hydrogen-bond donors (Lipinski definition) is 0. The molecule has 0 saturated heterocycles. The smallest absolute Gasteiger partial charge is 0.306 e. The first-order valence-electron chi connectivity index (χ1n) is 10.7. The van der Waals surface area contributed by atoms with E-state index in [0.717, 1.165) is 40.7 Å². The number of ether oxygens (including phenoxy) is 1. The zero-order valence-corrected chi connectivity index (χ0v) is 17.8. The Labute approximate surface area is 180 Å². The van der Waals surface area contributed by atoms with E-state index in [9.17, 15) is 4.79 Å². The molecule has 0 amide bonds. The van der Waals surface area contributed by atoms with Gasteiger partial charge in [0.15, 0.2) is 0 Å². The summed E-state index contributed by atoms with van der Waals surface area (Å²) < 4.78 is 6.99. The third-order valence-corrected chi connectivity index (χ3v) is 7.35. The van der Waals surface area contributed by atoms with Gasteiger partial charge in [-0.05, 0) is 46.7 Å². The van der Waals surface area contributed by atoms with Crippen LogP contribution < -0.4 is 0 Å². The summed E-state index contributed by atoms with van der Waals surface area (Å²) in [7, 11) is 0. The van der Waals surface area contributed by atoms with Crippen LogP contribution in [0.25, 0.3) is 21.0 Å². The molecule has 5 rings (SSSR count). The summed E-state index contributed by atoms with van der Waals surface area (Å²) >= 11 is 1.76. The summed E-state index contributed by atoms with van der Waals surface area (Å²) in [4.78, 5) is 17.7. The van der Waals surface area contributed by atoms with Gasteiger partial charge in [-0.1, -0.05) is 67.4 Å². The van der Waals surface area contributed by atoms with Crippen molar-refractivity contribution in [1.29, 1.82) is 0 Å². The Morgan fingerprint density at radius 1 is 0.967 bits per heavy atom. The molecular weight excluding hydrogens is 390 g/mol. The first kappa shape index (κ1) is 19.3. The second-order valence-corrected chi connectivity index (χ2v) is 9.55. The quantitative estimate of drug-likeness (QED) is 0.330. The zero-order chi connectivity index (χ0) is 20.4. The van der Waals surface area contributed by atoms with Crippen molar-refractivity contribution in [3.63, 3.8) is 0 Å². The Bertz CT molecular complexity index is 1150. The number of benzene rings is 3. The molecule has 1 fully saturated rings. The van der Waals surface area contributed by atoms with E-state index in [2.05, 4.69) is 36.4 Å². The van der Waals surface area contributed by atoms with Crippen LogP contribution >= 0.6 is 11.3 Å². The van der Waals surface area contributed by atoms with Crippen molar-refractivity contribution in [3.8, 4) is 0 Å². The maximum absolute atomic E-state index is 12.8. The number of rotatable bonds is 6. The summed E-state index contributed by atoms with van der Waals surface area (Å²) in [5, 5.41) is 3.46. The lowest BCUT2D eigenvalue weighted by molar-refractivity contribution is -0.147. The normalized spacial score (nSPS) is 15.6. The van der Waals surface area contributed by atoms with Crippen LogP contribution in [0.4, 0.5) is 0 Å². The van der Waals surface area contributed by atoms with E-state index >= 15 is 0 Å². The average Bonchev–Trinajstić information content (AvgIpc) is 3.38. The number of esters is 1. The van der Waals surface area contributed by atoms with Gasteiger partial charge in [0.2, 0.25) is 0 Å². The van der Waals surface area contributed by atoms with Gasteiger partial charge < -0.3 is 4.74 Å². The lowest BCUT2D eigenvalue weighted by atomic mass is 9.80. The zero-order valence-electron chi connectivity index (χ0n) is 17.0. The second kappa shape index (κ2) is 8.19. The van der Waals surface area contributed by atoms with E-state index in [1.54, 1.807) is 11.3 Å². The maximum atomic E-state index is 12.8. The van der Waals surface area contributed by atoms with Gasteiger partial charge in [-0.25, -0.2) is 4.98 Å². The lowest BCUT2D eigenvalue weighted by Crippen LogP contribution is -2.25. The molecule has 3 nitrogen and oxygen atoms in total. The molecule has 1 aliphatic carbocycles. The van der Waals surface area contributed by atoms with Gasteiger partial charge in [0.25, 0.3) is 0 Å².